The van der Waals surface area contributed by atoms with Crippen molar-refractivity contribution in [3.05, 3.63) is 0 Å². The van der Waals surface area contributed by atoms with E-state index in [-0.39, 0.29) is 6.41 Å². The Balaban J connectivity index is 0.000000367. The molecule has 0 aliphatic heterocycles. The summed E-state index contributed by atoms with van der Waals surface area (Å²) in [7, 11) is 1.92. The standard InChI is InChI=1S/C14H24O.CH3NO/c1-3-13(15-2)14-11-5-9-4-10(7-11)8-12(14)6-9;2-1-3/h9-14H,3-8H2,1-2H3;1H,(H2,2,3). The first-order valence-corrected chi connectivity index (χ1v) is 7.41. The predicted molar refractivity (Wildman–Crippen MR) is 71.9 cm³/mol. The Hall–Kier alpha value is -0.570. The van der Waals surface area contributed by atoms with Crippen molar-refractivity contribution in [3.8, 4) is 0 Å². The monoisotopic (exact) mass is 253 g/mol. The summed E-state index contributed by atoms with van der Waals surface area (Å²) in [5, 5.41) is 0. The molecule has 2 N–H and O–H groups in total. The van der Waals surface area contributed by atoms with Crippen molar-refractivity contribution in [1.82, 2.24) is 0 Å². The number of hydrogen-bond acceptors (Lipinski definition) is 2. The fourth-order valence-electron chi connectivity index (χ4n) is 5.17. The number of ether oxygens (including phenoxy) is 1. The third kappa shape index (κ3) is 2.56. The Bertz CT molecular complexity index is 248. The smallest absolute Gasteiger partial charge is 0.204 e. The lowest BCUT2D eigenvalue weighted by molar-refractivity contribution is -0.106. The van der Waals surface area contributed by atoms with Crippen LogP contribution in [0, 0.1) is 29.6 Å². The number of amides is 1. The van der Waals surface area contributed by atoms with Crippen LogP contribution in [0.5, 0.6) is 0 Å². The lowest BCUT2D eigenvalue weighted by atomic mass is 9.50. The molecule has 0 aromatic heterocycles. The van der Waals surface area contributed by atoms with E-state index in [1.807, 2.05) is 7.11 Å². The van der Waals surface area contributed by atoms with Gasteiger partial charge < -0.3 is 10.5 Å². The fraction of sp³-hybridized carbons (Fsp3) is 0.933. The van der Waals surface area contributed by atoms with Gasteiger partial charge in [0, 0.05) is 7.11 Å². The second-order valence-corrected chi connectivity index (χ2v) is 6.33. The SMILES string of the molecule is CCC(OC)C1C2CC3CC(C2)CC1C3.NC=O. The van der Waals surface area contributed by atoms with Gasteiger partial charge >= 0.3 is 0 Å². The zero-order valence-electron chi connectivity index (χ0n) is 11.7. The van der Waals surface area contributed by atoms with E-state index in [0.717, 1.165) is 29.6 Å². The van der Waals surface area contributed by atoms with E-state index in [4.69, 9.17) is 9.53 Å². The van der Waals surface area contributed by atoms with Crippen LogP contribution in [0.25, 0.3) is 0 Å². The van der Waals surface area contributed by atoms with Gasteiger partial charge in [0.05, 0.1) is 6.10 Å². The molecule has 4 saturated carbocycles. The first kappa shape index (κ1) is 13.9. The molecule has 4 bridgehead atoms. The maximum absolute atomic E-state index is 8.58. The van der Waals surface area contributed by atoms with Gasteiger partial charge in [-0.05, 0) is 68.1 Å². The molecule has 0 aromatic carbocycles. The molecule has 3 nitrogen and oxygen atoms in total. The van der Waals surface area contributed by atoms with Gasteiger partial charge in [0.25, 0.3) is 0 Å². The molecule has 3 heteroatoms. The topological polar surface area (TPSA) is 52.3 Å². The van der Waals surface area contributed by atoms with E-state index in [2.05, 4.69) is 12.7 Å². The first-order valence-electron chi connectivity index (χ1n) is 7.41. The van der Waals surface area contributed by atoms with Crippen LogP contribution in [0.3, 0.4) is 0 Å². The second kappa shape index (κ2) is 6.05. The average molecular weight is 253 g/mol. The van der Waals surface area contributed by atoms with Crippen LogP contribution in [0.15, 0.2) is 0 Å². The van der Waals surface area contributed by atoms with Crippen molar-refractivity contribution in [1.29, 1.82) is 0 Å². The van der Waals surface area contributed by atoms with Gasteiger partial charge in [-0.15, -0.1) is 0 Å². The maximum atomic E-state index is 8.58. The van der Waals surface area contributed by atoms with E-state index in [1.165, 1.54) is 32.1 Å². The zero-order valence-corrected chi connectivity index (χ0v) is 11.7. The number of primary amides is 1. The predicted octanol–water partition coefficient (Wildman–Crippen LogP) is 2.59. The van der Waals surface area contributed by atoms with Crippen molar-refractivity contribution in [2.75, 3.05) is 7.11 Å². The highest BCUT2D eigenvalue weighted by Gasteiger charge is 2.50. The van der Waals surface area contributed by atoms with Crippen molar-refractivity contribution >= 4 is 6.41 Å². The Kier molecular flexibility index (Phi) is 4.66. The van der Waals surface area contributed by atoms with Gasteiger partial charge in [-0.2, -0.15) is 0 Å². The highest BCUT2D eigenvalue weighted by Crippen LogP contribution is 2.57. The molecule has 4 aliphatic rings. The first-order chi connectivity index (χ1) is 8.73. The highest BCUT2D eigenvalue weighted by atomic mass is 16.5. The van der Waals surface area contributed by atoms with Crippen LogP contribution in [-0.4, -0.2) is 19.6 Å². The summed E-state index contributed by atoms with van der Waals surface area (Å²) in [6.07, 6.45) is 9.68. The summed E-state index contributed by atoms with van der Waals surface area (Å²) in [5.74, 6) is 5.14. The summed E-state index contributed by atoms with van der Waals surface area (Å²) >= 11 is 0. The van der Waals surface area contributed by atoms with Crippen LogP contribution < -0.4 is 5.73 Å². The van der Waals surface area contributed by atoms with Crippen LogP contribution in [0.2, 0.25) is 0 Å². The molecular formula is C15H27NO2. The molecule has 4 fully saturated rings. The van der Waals surface area contributed by atoms with Crippen molar-refractivity contribution < 1.29 is 9.53 Å². The van der Waals surface area contributed by atoms with E-state index in [9.17, 15) is 0 Å². The molecule has 0 heterocycles. The molecule has 1 atom stereocenters. The Morgan fingerprint density at radius 2 is 1.61 bits per heavy atom. The van der Waals surface area contributed by atoms with Crippen LogP contribution >= 0.6 is 0 Å². The lowest BCUT2D eigenvalue weighted by Gasteiger charge is -2.56. The number of hydrogen-bond donors (Lipinski definition) is 1. The minimum absolute atomic E-state index is 0.250. The van der Waals surface area contributed by atoms with E-state index in [1.54, 1.807) is 6.42 Å². The Morgan fingerprint density at radius 1 is 1.17 bits per heavy atom. The molecule has 0 radical (unpaired) electrons. The molecule has 0 saturated heterocycles. The second-order valence-electron chi connectivity index (χ2n) is 6.33. The summed E-state index contributed by atoms with van der Waals surface area (Å²) in [4.78, 5) is 8.58. The van der Waals surface area contributed by atoms with Crippen LogP contribution in [0.1, 0.15) is 45.4 Å². The third-order valence-corrected chi connectivity index (χ3v) is 5.43. The van der Waals surface area contributed by atoms with Gasteiger partial charge in [0.15, 0.2) is 0 Å². The number of carbonyl (C=O) groups excluding carboxylic acids is 1. The molecule has 1 amide bonds. The number of nitrogens with two attached hydrogens (primary N) is 1. The van der Waals surface area contributed by atoms with Crippen molar-refractivity contribution in [2.45, 2.75) is 51.6 Å². The quantitative estimate of drug-likeness (QED) is 0.786. The van der Waals surface area contributed by atoms with Gasteiger partial charge in [0.2, 0.25) is 6.41 Å². The maximum Gasteiger partial charge on any atom is 0.204 e. The Labute approximate surface area is 110 Å². The van der Waals surface area contributed by atoms with Crippen LogP contribution in [-0.2, 0) is 9.53 Å². The van der Waals surface area contributed by atoms with Crippen molar-refractivity contribution in [3.63, 3.8) is 0 Å². The van der Waals surface area contributed by atoms with Gasteiger partial charge in [0.1, 0.15) is 0 Å². The third-order valence-electron chi connectivity index (χ3n) is 5.43. The minimum Gasteiger partial charge on any atom is -0.381 e. The number of methoxy groups -OCH3 is 1. The largest absolute Gasteiger partial charge is 0.381 e. The molecule has 0 spiro atoms. The highest BCUT2D eigenvalue weighted by molar-refractivity contribution is 5.42. The lowest BCUT2D eigenvalue weighted by Crippen LogP contribution is -2.49. The zero-order chi connectivity index (χ0) is 13.1. The number of rotatable bonds is 3. The van der Waals surface area contributed by atoms with Gasteiger partial charge in [-0.25, -0.2) is 0 Å². The molecule has 104 valence electrons. The van der Waals surface area contributed by atoms with Gasteiger partial charge in [-0.1, -0.05) is 6.92 Å². The molecule has 1 unspecified atom stereocenters. The molecule has 4 aliphatic carbocycles. The van der Waals surface area contributed by atoms with E-state index in [0.29, 0.717) is 6.10 Å². The van der Waals surface area contributed by atoms with Crippen molar-refractivity contribution in [2.24, 2.45) is 35.3 Å². The van der Waals surface area contributed by atoms with E-state index >= 15 is 0 Å². The van der Waals surface area contributed by atoms with Gasteiger partial charge in [-0.3, -0.25) is 4.79 Å². The molecule has 18 heavy (non-hydrogen) atoms. The minimum atomic E-state index is 0.250. The number of carbonyl (C=O) groups is 1. The normalized spacial score (nSPS) is 42.0. The summed E-state index contributed by atoms with van der Waals surface area (Å²) < 4.78 is 5.73. The fourth-order valence-corrected chi connectivity index (χ4v) is 5.17. The summed E-state index contributed by atoms with van der Waals surface area (Å²) in [5.41, 5.74) is 4.17. The average Bonchev–Trinajstić information content (AvgIpc) is 2.34. The summed E-state index contributed by atoms with van der Waals surface area (Å²) in [6, 6.07) is 0. The molecule has 4 rings (SSSR count). The summed E-state index contributed by atoms with van der Waals surface area (Å²) in [6.45, 7) is 2.29. The van der Waals surface area contributed by atoms with E-state index < -0.39 is 0 Å². The van der Waals surface area contributed by atoms with Crippen LogP contribution in [0.4, 0.5) is 0 Å². The molecular weight excluding hydrogens is 226 g/mol. The molecule has 0 aromatic rings. The Morgan fingerprint density at radius 3 is 1.94 bits per heavy atom.